The maximum Gasteiger partial charge on any atom is 0.226 e. The number of unbranched alkanes of at least 4 members (excludes halogenated alkanes) is 2. The van der Waals surface area contributed by atoms with Gasteiger partial charge in [-0.2, -0.15) is 0 Å². The van der Waals surface area contributed by atoms with Gasteiger partial charge in [0.05, 0.1) is 0 Å². The second-order valence-electron chi connectivity index (χ2n) is 4.79. The van der Waals surface area contributed by atoms with Crippen LogP contribution in [0.1, 0.15) is 38.2 Å². The van der Waals surface area contributed by atoms with Gasteiger partial charge in [-0.3, -0.25) is 4.79 Å². The molecule has 2 aromatic rings. The molecule has 0 bridgehead atoms. The van der Waals surface area contributed by atoms with Gasteiger partial charge in [-0.1, -0.05) is 55.0 Å². The number of aromatic nitrogens is 2. The molecule has 0 fully saturated rings. The predicted octanol–water partition coefficient (Wildman–Crippen LogP) is 4.49. The number of halogens is 1. The van der Waals surface area contributed by atoms with Crippen molar-refractivity contribution >= 4 is 34.1 Å². The Morgan fingerprint density at radius 1 is 1.27 bits per heavy atom. The van der Waals surface area contributed by atoms with E-state index in [2.05, 4.69) is 22.4 Å². The number of carbonyl (C=O) groups is 1. The predicted molar refractivity (Wildman–Crippen MR) is 88.6 cm³/mol. The van der Waals surface area contributed by atoms with Crippen LogP contribution in [-0.2, 0) is 10.5 Å². The summed E-state index contributed by atoms with van der Waals surface area (Å²) in [6.45, 7) is 2.10. The van der Waals surface area contributed by atoms with Crippen molar-refractivity contribution in [1.82, 2.24) is 10.2 Å². The molecule has 1 amide bonds. The highest BCUT2D eigenvalue weighted by atomic mass is 32.2. The first kappa shape index (κ1) is 16.9. The zero-order chi connectivity index (χ0) is 15.8. The lowest BCUT2D eigenvalue weighted by Gasteiger charge is -1.99. The highest BCUT2D eigenvalue weighted by molar-refractivity contribution is 8.00. The first-order chi connectivity index (χ1) is 10.7. The summed E-state index contributed by atoms with van der Waals surface area (Å²) in [5.41, 5.74) is 1.02. The van der Waals surface area contributed by atoms with Crippen molar-refractivity contribution in [3.05, 3.63) is 35.6 Å². The van der Waals surface area contributed by atoms with Gasteiger partial charge < -0.3 is 5.32 Å². The number of hydrogen-bond acceptors (Lipinski definition) is 5. The van der Waals surface area contributed by atoms with Crippen LogP contribution in [0.25, 0.3) is 0 Å². The molecule has 0 aliphatic heterocycles. The minimum Gasteiger partial charge on any atom is -0.301 e. The average Bonchev–Trinajstić information content (AvgIpc) is 2.94. The van der Waals surface area contributed by atoms with Crippen molar-refractivity contribution in [3.63, 3.8) is 0 Å². The van der Waals surface area contributed by atoms with E-state index in [9.17, 15) is 9.18 Å². The maximum absolute atomic E-state index is 12.8. The largest absolute Gasteiger partial charge is 0.301 e. The Hall–Kier alpha value is -1.47. The smallest absolute Gasteiger partial charge is 0.226 e. The number of anilines is 1. The molecule has 0 saturated heterocycles. The Morgan fingerprint density at radius 2 is 2.05 bits per heavy atom. The molecule has 1 aromatic carbocycles. The van der Waals surface area contributed by atoms with E-state index < -0.39 is 0 Å². The van der Waals surface area contributed by atoms with E-state index in [-0.39, 0.29) is 11.7 Å². The molecule has 1 N–H and O–H groups in total. The molecule has 4 nitrogen and oxygen atoms in total. The number of thioether (sulfide) groups is 1. The molecular weight excluding hydrogens is 321 g/mol. The van der Waals surface area contributed by atoms with E-state index in [1.165, 1.54) is 35.2 Å². The Kier molecular flexibility index (Phi) is 6.79. The number of benzene rings is 1. The second kappa shape index (κ2) is 8.85. The topological polar surface area (TPSA) is 54.9 Å². The van der Waals surface area contributed by atoms with Crippen LogP contribution in [-0.4, -0.2) is 16.1 Å². The van der Waals surface area contributed by atoms with Gasteiger partial charge in [-0.05, 0) is 24.1 Å². The van der Waals surface area contributed by atoms with Gasteiger partial charge in [0.25, 0.3) is 0 Å². The lowest BCUT2D eigenvalue weighted by molar-refractivity contribution is -0.116. The summed E-state index contributed by atoms with van der Waals surface area (Å²) >= 11 is 2.88. The molecule has 0 aliphatic rings. The van der Waals surface area contributed by atoms with Gasteiger partial charge in [0.1, 0.15) is 5.82 Å². The average molecular weight is 339 g/mol. The third-order valence-electron chi connectivity index (χ3n) is 2.94. The summed E-state index contributed by atoms with van der Waals surface area (Å²) in [6, 6.07) is 6.38. The molecule has 0 saturated carbocycles. The van der Waals surface area contributed by atoms with E-state index in [0.29, 0.717) is 17.3 Å². The zero-order valence-corrected chi connectivity index (χ0v) is 14.0. The Bertz CT molecular complexity index is 601. The minimum atomic E-state index is -0.238. The fourth-order valence-corrected chi connectivity index (χ4v) is 3.49. The number of nitrogens with zero attached hydrogens (tertiary/aromatic N) is 2. The van der Waals surface area contributed by atoms with Gasteiger partial charge in [0.15, 0.2) is 4.34 Å². The number of carbonyl (C=O) groups excluding carboxylic acids is 1. The molecule has 0 aliphatic carbocycles. The highest BCUT2D eigenvalue weighted by Crippen LogP contribution is 2.28. The summed E-state index contributed by atoms with van der Waals surface area (Å²) in [5, 5.41) is 11.3. The summed E-state index contributed by atoms with van der Waals surface area (Å²) in [6.07, 6.45) is 3.57. The van der Waals surface area contributed by atoms with E-state index in [1.807, 2.05) is 0 Å². The number of nitrogens with one attached hydrogen (secondary N) is 1. The second-order valence-corrected chi connectivity index (χ2v) is 6.99. The molecule has 22 heavy (non-hydrogen) atoms. The Morgan fingerprint density at radius 3 is 2.77 bits per heavy atom. The first-order valence-electron chi connectivity index (χ1n) is 7.18. The Balaban J connectivity index is 1.78. The summed E-state index contributed by atoms with van der Waals surface area (Å²) in [5.74, 6) is 0.441. The standard InChI is InChI=1S/C15H18FN3OS2/c1-2-3-4-5-13(20)17-14-18-19-15(22-14)21-10-11-6-8-12(16)9-7-11/h6-9H,2-5,10H2,1H3,(H,17,18,20). The lowest BCUT2D eigenvalue weighted by Crippen LogP contribution is -2.10. The molecule has 118 valence electrons. The fraction of sp³-hybridized carbons (Fsp3) is 0.400. The highest BCUT2D eigenvalue weighted by Gasteiger charge is 2.08. The van der Waals surface area contributed by atoms with E-state index in [0.717, 1.165) is 29.2 Å². The van der Waals surface area contributed by atoms with Crippen molar-refractivity contribution < 1.29 is 9.18 Å². The van der Waals surface area contributed by atoms with E-state index in [4.69, 9.17) is 0 Å². The van der Waals surface area contributed by atoms with Gasteiger partial charge in [-0.15, -0.1) is 10.2 Å². The molecule has 7 heteroatoms. The summed E-state index contributed by atoms with van der Waals surface area (Å²) in [7, 11) is 0. The molecule has 2 rings (SSSR count). The molecule has 1 aromatic heterocycles. The van der Waals surface area contributed by atoms with Crippen molar-refractivity contribution in [2.45, 2.75) is 42.7 Å². The molecule has 0 unspecified atom stereocenters. The zero-order valence-electron chi connectivity index (χ0n) is 12.3. The minimum absolute atomic E-state index is 0.0142. The van der Waals surface area contributed by atoms with Crippen molar-refractivity contribution in [3.8, 4) is 0 Å². The van der Waals surface area contributed by atoms with Crippen LogP contribution in [0.3, 0.4) is 0 Å². The van der Waals surface area contributed by atoms with Crippen LogP contribution in [0, 0.1) is 5.82 Å². The van der Waals surface area contributed by atoms with E-state index in [1.54, 1.807) is 12.1 Å². The van der Waals surface area contributed by atoms with Gasteiger partial charge >= 0.3 is 0 Å². The summed E-state index contributed by atoms with van der Waals surface area (Å²) in [4.78, 5) is 11.7. The Labute approximate surface area is 137 Å². The number of hydrogen-bond donors (Lipinski definition) is 1. The number of rotatable bonds is 8. The lowest BCUT2D eigenvalue weighted by atomic mass is 10.2. The number of amides is 1. The van der Waals surface area contributed by atoms with Crippen LogP contribution >= 0.6 is 23.1 Å². The first-order valence-corrected chi connectivity index (χ1v) is 8.98. The maximum atomic E-state index is 12.8. The van der Waals surface area contributed by atoms with Gasteiger partial charge in [0.2, 0.25) is 11.0 Å². The van der Waals surface area contributed by atoms with Crippen LogP contribution in [0.4, 0.5) is 9.52 Å². The van der Waals surface area contributed by atoms with E-state index >= 15 is 0 Å². The van der Waals surface area contributed by atoms with Crippen molar-refractivity contribution in [2.24, 2.45) is 0 Å². The molecular formula is C15H18FN3OS2. The SMILES string of the molecule is CCCCCC(=O)Nc1nnc(SCc2ccc(F)cc2)s1. The molecule has 0 atom stereocenters. The van der Waals surface area contributed by atoms with Crippen LogP contribution in [0.15, 0.2) is 28.6 Å². The third kappa shape index (κ3) is 5.73. The van der Waals surface area contributed by atoms with Crippen molar-refractivity contribution in [2.75, 3.05) is 5.32 Å². The quantitative estimate of drug-likeness (QED) is 0.437. The molecule has 0 spiro atoms. The van der Waals surface area contributed by atoms with Crippen LogP contribution < -0.4 is 5.32 Å². The molecule has 1 heterocycles. The van der Waals surface area contributed by atoms with Crippen molar-refractivity contribution in [1.29, 1.82) is 0 Å². The van der Waals surface area contributed by atoms with Crippen LogP contribution in [0.2, 0.25) is 0 Å². The monoisotopic (exact) mass is 339 g/mol. The van der Waals surface area contributed by atoms with Gasteiger partial charge in [0, 0.05) is 12.2 Å². The third-order valence-corrected chi connectivity index (χ3v) is 4.98. The fourth-order valence-electron chi connectivity index (χ4n) is 1.76. The summed E-state index contributed by atoms with van der Waals surface area (Å²) < 4.78 is 13.6. The van der Waals surface area contributed by atoms with Crippen LogP contribution in [0.5, 0.6) is 0 Å². The van der Waals surface area contributed by atoms with Gasteiger partial charge in [-0.25, -0.2) is 4.39 Å². The normalized spacial score (nSPS) is 10.6. The molecule has 0 radical (unpaired) electrons.